The minimum Gasteiger partial charge on any atom is -0.475 e. The number of alkyl halides is 3. The summed E-state index contributed by atoms with van der Waals surface area (Å²) in [5.74, 6) is -1.43. The predicted molar refractivity (Wildman–Crippen MR) is 107 cm³/mol. The van der Waals surface area contributed by atoms with E-state index in [1.807, 2.05) is 0 Å². The van der Waals surface area contributed by atoms with Gasteiger partial charge in [-0.2, -0.15) is 17.5 Å². The Morgan fingerprint density at radius 1 is 1.22 bits per heavy atom. The second-order valence-corrected chi connectivity index (χ2v) is 10.8. The van der Waals surface area contributed by atoms with Crippen LogP contribution in [0.1, 0.15) is 25.7 Å². The molecule has 1 unspecified atom stereocenters. The van der Waals surface area contributed by atoms with Crippen LogP contribution in [0, 0.1) is 11.8 Å². The molecule has 0 aromatic carbocycles. The molecule has 2 saturated heterocycles. The van der Waals surface area contributed by atoms with Gasteiger partial charge in [0, 0.05) is 45.1 Å². The highest BCUT2D eigenvalue weighted by Gasteiger charge is 2.53. The van der Waals surface area contributed by atoms with Crippen LogP contribution in [0.3, 0.4) is 0 Å². The third kappa shape index (κ3) is 5.80. The molecule has 9 nitrogen and oxygen atoms in total. The maximum absolute atomic E-state index is 12.7. The Morgan fingerprint density at radius 3 is 2.31 bits per heavy atom. The van der Waals surface area contributed by atoms with Crippen molar-refractivity contribution in [3.63, 3.8) is 0 Å². The third-order valence-corrected chi connectivity index (χ3v) is 7.90. The van der Waals surface area contributed by atoms with E-state index in [0.29, 0.717) is 19.0 Å². The van der Waals surface area contributed by atoms with E-state index < -0.39 is 22.2 Å². The number of likely N-dealkylation sites (tertiary alicyclic amines) is 1. The fourth-order valence-electron chi connectivity index (χ4n) is 4.04. The van der Waals surface area contributed by atoms with Gasteiger partial charge in [-0.05, 0) is 51.1 Å². The minimum atomic E-state index is -5.08. The summed E-state index contributed by atoms with van der Waals surface area (Å²) >= 11 is 0. The molecule has 0 amide bonds. The number of hydrogen-bond acceptors (Lipinski definition) is 6. The Kier molecular flexibility index (Phi) is 7.23. The Bertz CT molecular complexity index is 910. The third-order valence-electron chi connectivity index (χ3n) is 6.22. The van der Waals surface area contributed by atoms with E-state index in [2.05, 4.69) is 16.9 Å². The van der Waals surface area contributed by atoms with Crippen LogP contribution in [0.2, 0.25) is 0 Å². The number of carbonyl (C=O) groups is 1. The number of nitrogens with zero attached hydrogens (tertiary/aromatic N) is 4. The number of aromatic nitrogens is 2. The maximum Gasteiger partial charge on any atom is 0.490 e. The van der Waals surface area contributed by atoms with Crippen molar-refractivity contribution in [3.05, 3.63) is 12.5 Å². The van der Waals surface area contributed by atoms with Crippen molar-refractivity contribution in [1.29, 1.82) is 0 Å². The average Bonchev–Trinajstić information content (AvgIpc) is 3.38. The molecular weight excluding hydrogens is 453 g/mol. The smallest absolute Gasteiger partial charge is 0.475 e. The van der Waals surface area contributed by atoms with Gasteiger partial charge in [0.15, 0.2) is 5.03 Å². The summed E-state index contributed by atoms with van der Waals surface area (Å²) in [4.78, 5) is 15.3. The molecule has 4 rings (SSSR count). The van der Waals surface area contributed by atoms with Crippen molar-refractivity contribution < 1.29 is 36.2 Å². The zero-order chi connectivity index (χ0) is 23.7. The molecule has 1 aliphatic carbocycles. The van der Waals surface area contributed by atoms with Crippen molar-refractivity contribution in [2.75, 3.05) is 39.9 Å². The van der Waals surface area contributed by atoms with Crippen LogP contribution in [-0.2, 0) is 26.6 Å². The van der Waals surface area contributed by atoms with Crippen LogP contribution in [0.5, 0.6) is 0 Å². The number of halogens is 3. The van der Waals surface area contributed by atoms with Crippen molar-refractivity contribution in [2.24, 2.45) is 18.9 Å². The van der Waals surface area contributed by atoms with E-state index in [0.717, 1.165) is 38.5 Å². The molecule has 182 valence electrons. The van der Waals surface area contributed by atoms with E-state index >= 15 is 0 Å². The van der Waals surface area contributed by atoms with Crippen LogP contribution < -0.4 is 0 Å². The normalized spacial score (nSPS) is 24.0. The van der Waals surface area contributed by atoms with E-state index in [9.17, 15) is 21.6 Å². The van der Waals surface area contributed by atoms with Gasteiger partial charge < -0.3 is 14.4 Å². The molecule has 0 radical (unpaired) electrons. The molecule has 1 aromatic rings. The number of sulfonamides is 1. The summed E-state index contributed by atoms with van der Waals surface area (Å²) in [6.07, 6.45) is 2.80. The van der Waals surface area contributed by atoms with Crippen LogP contribution in [-0.4, -0.2) is 89.9 Å². The summed E-state index contributed by atoms with van der Waals surface area (Å²) in [6, 6.07) is 0. The molecule has 1 aromatic heterocycles. The Labute approximate surface area is 185 Å². The summed E-state index contributed by atoms with van der Waals surface area (Å²) in [7, 11) is 0.425. The Morgan fingerprint density at radius 2 is 1.81 bits per heavy atom. The van der Waals surface area contributed by atoms with E-state index in [1.54, 1.807) is 22.1 Å². The van der Waals surface area contributed by atoms with Gasteiger partial charge in [0.1, 0.15) is 0 Å². The second kappa shape index (κ2) is 9.27. The lowest BCUT2D eigenvalue weighted by atomic mass is 9.77. The van der Waals surface area contributed by atoms with Crippen molar-refractivity contribution in [1.82, 2.24) is 18.8 Å². The molecule has 3 fully saturated rings. The number of aryl methyl sites for hydroxylation is 1. The average molecular weight is 483 g/mol. The molecule has 13 heteroatoms. The number of ether oxygens (including phenoxy) is 1. The van der Waals surface area contributed by atoms with Crippen molar-refractivity contribution >= 4 is 16.0 Å². The quantitative estimate of drug-likeness (QED) is 0.656. The van der Waals surface area contributed by atoms with Gasteiger partial charge in [-0.1, -0.05) is 0 Å². The lowest BCUT2D eigenvalue weighted by molar-refractivity contribution is -0.192. The fourth-order valence-corrected chi connectivity index (χ4v) is 5.61. The van der Waals surface area contributed by atoms with Gasteiger partial charge in [0.2, 0.25) is 0 Å². The summed E-state index contributed by atoms with van der Waals surface area (Å²) in [6.45, 7) is 3.84. The molecule has 3 aliphatic rings. The van der Waals surface area contributed by atoms with Crippen LogP contribution >= 0.6 is 0 Å². The number of hydrogen-bond donors (Lipinski definition) is 1. The first-order chi connectivity index (χ1) is 14.8. The highest BCUT2D eigenvalue weighted by atomic mass is 32.2. The summed E-state index contributed by atoms with van der Waals surface area (Å²) < 4.78 is 66.3. The molecule has 0 bridgehead atoms. The number of aliphatic carboxylic acids is 1. The minimum absolute atomic E-state index is 0.0340. The molecule has 32 heavy (non-hydrogen) atoms. The lowest BCUT2D eigenvalue weighted by Gasteiger charge is -2.57. The second-order valence-electron chi connectivity index (χ2n) is 8.94. The number of piperidine rings is 1. The first kappa shape index (κ1) is 24.9. The van der Waals surface area contributed by atoms with Gasteiger partial charge in [-0.3, -0.25) is 4.90 Å². The Balaban J connectivity index is 0.000000360. The SMILES string of the molecule is CN1CCC(COCC2CC2)CC12CN(S(=O)(=O)c1cn(C)cn1)C2.O=C(O)C(F)(F)F. The van der Waals surface area contributed by atoms with Gasteiger partial charge in [0.25, 0.3) is 10.0 Å². The summed E-state index contributed by atoms with van der Waals surface area (Å²) in [5, 5.41) is 7.27. The van der Waals surface area contributed by atoms with Crippen molar-refractivity contribution in [3.8, 4) is 0 Å². The zero-order valence-corrected chi connectivity index (χ0v) is 18.9. The van der Waals surface area contributed by atoms with E-state index in [1.165, 1.54) is 19.2 Å². The number of rotatable bonds is 6. The zero-order valence-electron chi connectivity index (χ0n) is 18.1. The summed E-state index contributed by atoms with van der Waals surface area (Å²) in [5.41, 5.74) is -0.0340. The molecule has 1 N–H and O–H groups in total. The highest BCUT2D eigenvalue weighted by molar-refractivity contribution is 7.89. The number of carboxylic acids is 1. The Hall–Kier alpha value is -1.70. The first-order valence-electron chi connectivity index (χ1n) is 10.4. The fraction of sp³-hybridized carbons (Fsp3) is 0.789. The van der Waals surface area contributed by atoms with Crippen molar-refractivity contribution in [2.45, 2.75) is 42.4 Å². The predicted octanol–water partition coefficient (Wildman–Crippen LogP) is 1.56. The number of likely N-dealkylation sites (N-methyl/N-ethyl adjacent to an activating group) is 1. The first-order valence-corrected chi connectivity index (χ1v) is 11.8. The molecule has 1 spiro atoms. The molecule has 2 aliphatic heterocycles. The molecule has 1 atom stereocenters. The maximum atomic E-state index is 12.7. The van der Waals surface area contributed by atoms with Gasteiger partial charge in [-0.25, -0.2) is 18.2 Å². The number of carboxylic acid groups (broad SMARTS) is 1. The topological polar surface area (TPSA) is 105 Å². The highest BCUT2D eigenvalue weighted by Crippen LogP contribution is 2.40. The van der Waals surface area contributed by atoms with Crippen LogP contribution in [0.25, 0.3) is 0 Å². The lowest BCUT2D eigenvalue weighted by Crippen LogP contribution is -2.72. The van der Waals surface area contributed by atoms with Crippen LogP contribution in [0.15, 0.2) is 17.6 Å². The van der Waals surface area contributed by atoms with Gasteiger partial charge in [-0.15, -0.1) is 0 Å². The number of imidazole rings is 1. The molecule has 1 saturated carbocycles. The molecule has 3 heterocycles. The standard InChI is InChI=1S/C17H28N4O3S.C2HF3O2/c1-19-8-16(18-13-19)25(22,23)21-11-17(12-21)7-15(5-6-20(17)2)10-24-9-14-3-4-14;3-2(4,5)1(6)7/h8,13-15H,3-7,9-12H2,1-2H3;(H,6,7). The van der Waals surface area contributed by atoms with E-state index in [-0.39, 0.29) is 10.6 Å². The van der Waals surface area contributed by atoms with Gasteiger partial charge >= 0.3 is 12.1 Å². The largest absolute Gasteiger partial charge is 0.490 e. The van der Waals surface area contributed by atoms with E-state index in [4.69, 9.17) is 14.6 Å². The van der Waals surface area contributed by atoms with Crippen LogP contribution in [0.4, 0.5) is 13.2 Å². The molecular formula is C19H29F3N4O5S. The monoisotopic (exact) mass is 482 g/mol. The van der Waals surface area contributed by atoms with Gasteiger partial charge in [0.05, 0.1) is 6.33 Å².